The fourth-order valence-corrected chi connectivity index (χ4v) is 6.12. The van der Waals surface area contributed by atoms with E-state index in [-0.39, 0.29) is 46.5 Å². The molecule has 0 saturated carbocycles. The number of nitrogens with zero attached hydrogens (tertiary/aromatic N) is 1. The van der Waals surface area contributed by atoms with Crippen molar-refractivity contribution in [2.75, 3.05) is 18.8 Å². The third-order valence-corrected chi connectivity index (χ3v) is 8.53. The first-order valence-corrected chi connectivity index (χ1v) is 13.0. The molecule has 2 unspecified atom stereocenters. The van der Waals surface area contributed by atoms with Gasteiger partial charge >= 0.3 is 0 Å². The largest absolute Gasteiger partial charge is 0.390 e. The van der Waals surface area contributed by atoms with E-state index in [4.69, 9.17) is 0 Å². The molecule has 2 atom stereocenters. The van der Waals surface area contributed by atoms with Crippen molar-refractivity contribution in [2.45, 2.75) is 55.9 Å². The summed E-state index contributed by atoms with van der Waals surface area (Å²) in [6.45, 7) is 4.73. The third-order valence-electron chi connectivity index (χ3n) is 5.24. The molecule has 0 aliphatic heterocycles. The van der Waals surface area contributed by atoms with Crippen LogP contribution in [0.5, 0.6) is 0 Å². The number of rotatable bonds is 8. The van der Waals surface area contributed by atoms with E-state index in [0.29, 0.717) is 12.5 Å². The zero-order chi connectivity index (χ0) is 21.6. The van der Waals surface area contributed by atoms with Gasteiger partial charge in [-0.25, -0.2) is 8.42 Å². The fourth-order valence-electron chi connectivity index (χ4n) is 3.66. The predicted octanol–water partition coefficient (Wildman–Crippen LogP) is 3.70. The summed E-state index contributed by atoms with van der Waals surface area (Å²) in [5.74, 6) is 0.229. The van der Waals surface area contributed by atoms with Crippen LogP contribution in [0.4, 0.5) is 0 Å². The molecule has 2 aromatic rings. The summed E-state index contributed by atoms with van der Waals surface area (Å²) < 4.78 is 24.9. The zero-order valence-electron chi connectivity index (χ0n) is 18.0. The van der Waals surface area contributed by atoms with Crippen LogP contribution in [0.3, 0.4) is 0 Å². The van der Waals surface area contributed by atoms with Crippen LogP contribution < -0.4 is 10.6 Å². The lowest BCUT2D eigenvalue weighted by Crippen LogP contribution is -2.39. The second kappa shape index (κ2) is 12.2. The minimum atomic E-state index is -3.49. The Morgan fingerprint density at radius 2 is 1.97 bits per heavy atom. The van der Waals surface area contributed by atoms with E-state index in [1.165, 1.54) is 29.5 Å². The van der Waals surface area contributed by atoms with E-state index >= 15 is 0 Å². The van der Waals surface area contributed by atoms with E-state index in [9.17, 15) is 13.5 Å². The molecular weight excluding hydrogens is 545 g/mol. The number of aliphatic hydroxyl groups excluding tert-OH is 1. The highest BCUT2D eigenvalue weighted by atomic mass is 127. The summed E-state index contributed by atoms with van der Waals surface area (Å²) in [6.07, 6.45) is 3.74. The molecule has 1 heterocycles. The molecule has 1 aliphatic carbocycles. The second-order valence-electron chi connectivity index (χ2n) is 7.69. The highest BCUT2D eigenvalue weighted by Gasteiger charge is 2.21. The van der Waals surface area contributed by atoms with Crippen molar-refractivity contribution < 1.29 is 13.5 Å². The number of aliphatic hydroxyl groups is 1. The van der Waals surface area contributed by atoms with Crippen LogP contribution >= 0.6 is 35.3 Å². The molecule has 1 aromatic carbocycles. The van der Waals surface area contributed by atoms with Crippen molar-refractivity contribution in [3.8, 4) is 0 Å². The first-order valence-electron chi connectivity index (χ1n) is 10.5. The van der Waals surface area contributed by atoms with Gasteiger partial charge in [0.15, 0.2) is 15.8 Å². The van der Waals surface area contributed by atoms with Crippen LogP contribution in [0.2, 0.25) is 0 Å². The number of halogens is 1. The Hall–Kier alpha value is -1.17. The molecule has 0 saturated heterocycles. The molecule has 0 spiro atoms. The van der Waals surface area contributed by atoms with Crippen LogP contribution in [-0.2, 0) is 22.7 Å². The van der Waals surface area contributed by atoms with Crippen LogP contribution in [0.25, 0.3) is 0 Å². The molecule has 0 radical (unpaired) electrons. The molecule has 3 N–H and O–H groups in total. The van der Waals surface area contributed by atoms with E-state index in [2.05, 4.69) is 40.7 Å². The Morgan fingerprint density at radius 3 is 2.65 bits per heavy atom. The number of thiophene rings is 1. The van der Waals surface area contributed by atoms with Crippen LogP contribution in [-0.4, -0.2) is 44.4 Å². The van der Waals surface area contributed by atoms with Crippen LogP contribution in [0, 0.1) is 0 Å². The molecule has 6 nitrogen and oxygen atoms in total. The standard InChI is InChI=1S/C22H31N3O3S2.HI/c1-3-23-22(24-14-20(26)15-30(27,28)21-9-6-12-29-21)25-16(2)18-11-10-17-7-4-5-8-19(17)13-18;/h6,9-13,16,20,26H,3-5,7-8,14-15H2,1-2H3,(H2,23,24,25);1H. The highest BCUT2D eigenvalue weighted by Crippen LogP contribution is 2.24. The Kier molecular flexibility index (Phi) is 10.2. The van der Waals surface area contributed by atoms with Crippen molar-refractivity contribution in [3.05, 3.63) is 52.4 Å². The summed E-state index contributed by atoms with van der Waals surface area (Å²) >= 11 is 1.16. The topological polar surface area (TPSA) is 90.8 Å². The summed E-state index contributed by atoms with van der Waals surface area (Å²) in [6, 6.07) is 9.96. The molecule has 0 bridgehead atoms. The van der Waals surface area contributed by atoms with E-state index < -0.39 is 15.9 Å². The van der Waals surface area contributed by atoms with Gasteiger partial charge in [-0.15, -0.1) is 35.3 Å². The Bertz CT molecular complexity index is 962. The lowest BCUT2D eigenvalue weighted by Gasteiger charge is -2.22. The first kappa shape index (κ1) is 26.1. The minimum absolute atomic E-state index is 0. The smallest absolute Gasteiger partial charge is 0.191 e. The average Bonchev–Trinajstić information content (AvgIpc) is 3.27. The maximum absolute atomic E-state index is 12.3. The van der Waals surface area contributed by atoms with Crippen molar-refractivity contribution in [2.24, 2.45) is 4.99 Å². The molecular formula is C22H32IN3O3S2. The molecule has 0 amide bonds. The molecule has 1 aliphatic rings. The lowest BCUT2D eigenvalue weighted by molar-refractivity contribution is 0.206. The number of aryl methyl sites for hydroxylation is 2. The minimum Gasteiger partial charge on any atom is -0.390 e. The van der Waals surface area contributed by atoms with E-state index in [1.54, 1.807) is 17.5 Å². The van der Waals surface area contributed by atoms with Gasteiger partial charge in [-0.2, -0.15) is 0 Å². The number of guanidine groups is 1. The van der Waals surface area contributed by atoms with Gasteiger partial charge in [0.25, 0.3) is 0 Å². The van der Waals surface area contributed by atoms with Gasteiger partial charge in [-0.05, 0) is 67.7 Å². The number of hydrogen-bond donors (Lipinski definition) is 3. The van der Waals surface area contributed by atoms with Crippen molar-refractivity contribution in [1.82, 2.24) is 10.6 Å². The number of sulfone groups is 1. The van der Waals surface area contributed by atoms with Crippen molar-refractivity contribution >= 4 is 51.1 Å². The van der Waals surface area contributed by atoms with E-state index in [0.717, 1.165) is 24.2 Å². The zero-order valence-corrected chi connectivity index (χ0v) is 22.0. The molecule has 9 heteroatoms. The van der Waals surface area contributed by atoms with Crippen LogP contribution in [0.15, 0.2) is 44.9 Å². The second-order valence-corrected chi connectivity index (χ2v) is 10.9. The molecule has 31 heavy (non-hydrogen) atoms. The first-order chi connectivity index (χ1) is 14.4. The number of hydrogen-bond acceptors (Lipinski definition) is 5. The molecule has 0 fully saturated rings. The molecule has 172 valence electrons. The van der Waals surface area contributed by atoms with Gasteiger partial charge in [0.1, 0.15) is 4.21 Å². The lowest BCUT2D eigenvalue weighted by atomic mass is 9.89. The molecule has 3 rings (SSSR count). The van der Waals surface area contributed by atoms with Crippen molar-refractivity contribution in [3.63, 3.8) is 0 Å². The van der Waals surface area contributed by atoms with Gasteiger partial charge in [0.2, 0.25) is 0 Å². The monoisotopic (exact) mass is 577 g/mol. The Balaban J connectivity index is 0.00000341. The maximum atomic E-state index is 12.3. The average molecular weight is 578 g/mol. The van der Waals surface area contributed by atoms with Gasteiger partial charge in [0, 0.05) is 6.54 Å². The quantitative estimate of drug-likeness (QED) is 0.253. The van der Waals surface area contributed by atoms with Gasteiger partial charge in [0.05, 0.1) is 24.4 Å². The maximum Gasteiger partial charge on any atom is 0.191 e. The van der Waals surface area contributed by atoms with Gasteiger partial charge in [-0.1, -0.05) is 24.3 Å². The Morgan fingerprint density at radius 1 is 1.23 bits per heavy atom. The summed E-state index contributed by atoms with van der Waals surface area (Å²) in [4.78, 5) is 4.42. The van der Waals surface area contributed by atoms with Gasteiger partial charge in [-0.3, -0.25) is 4.99 Å². The molecule has 1 aromatic heterocycles. The van der Waals surface area contributed by atoms with Crippen molar-refractivity contribution in [1.29, 1.82) is 0 Å². The summed E-state index contributed by atoms with van der Waals surface area (Å²) in [5, 5.41) is 18.5. The number of fused-ring (bicyclic) bond motifs is 1. The fraction of sp³-hybridized carbons (Fsp3) is 0.500. The number of aliphatic imine (C=N–C) groups is 1. The number of nitrogens with one attached hydrogen (secondary N) is 2. The third kappa shape index (κ3) is 7.44. The van der Waals surface area contributed by atoms with Crippen LogP contribution in [0.1, 0.15) is 49.4 Å². The normalized spacial score (nSPS) is 16.0. The highest BCUT2D eigenvalue weighted by molar-refractivity contribution is 14.0. The summed E-state index contributed by atoms with van der Waals surface area (Å²) in [5.41, 5.74) is 4.08. The summed E-state index contributed by atoms with van der Waals surface area (Å²) in [7, 11) is -3.49. The van der Waals surface area contributed by atoms with E-state index in [1.807, 2.05) is 6.92 Å². The number of benzene rings is 1. The SMILES string of the molecule is CCNC(=NCC(O)CS(=O)(=O)c1cccs1)NC(C)c1ccc2c(c1)CCCC2.I. The Labute approximate surface area is 206 Å². The van der Waals surface area contributed by atoms with Gasteiger partial charge < -0.3 is 15.7 Å². The predicted molar refractivity (Wildman–Crippen MR) is 138 cm³/mol.